The molecule has 0 spiro atoms. The van der Waals surface area contributed by atoms with Crippen LogP contribution in [0.1, 0.15) is 5.82 Å². The van der Waals surface area contributed by atoms with Crippen LogP contribution in [0.3, 0.4) is 0 Å². The standard InChI is InChI=1S/C7H10N6O2S/c8-7-5(3-11-13-7)16(14,15)12-4-6-9-1-2-10-6/h1-3,12H,4H2,(H,9,10)(H3,8,11,13). The second kappa shape index (κ2) is 3.94. The van der Waals surface area contributed by atoms with Crippen LogP contribution in [0.5, 0.6) is 0 Å². The molecule has 0 amide bonds. The number of aromatic nitrogens is 4. The smallest absolute Gasteiger partial charge is 0.246 e. The molecule has 2 heterocycles. The summed E-state index contributed by atoms with van der Waals surface area (Å²) in [6.07, 6.45) is 4.30. The normalized spacial score (nSPS) is 11.8. The van der Waals surface area contributed by atoms with Gasteiger partial charge in [0, 0.05) is 12.4 Å². The van der Waals surface area contributed by atoms with Crippen LogP contribution in [0.15, 0.2) is 23.5 Å². The van der Waals surface area contributed by atoms with Crippen molar-refractivity contribution >= 4 is 15.8 Å². The number of nitrogen functional groups attached to an aromatic ring is 1. The summed E-state index contributed by atoms with van der Waals surface area (Å²) in [5, 5.41) is 5.89. The third kappa shape index (κ3) is 2.04. The molecule has 0 fully saturated rings. The predicted molar refractivity (Wildman–Crippen MR) is 55.6 cm³/mol. The molecule has 2 aromatic rings. The lowest BCUT2D eigenvalue weighted by Crippen LogP contribution is -2.24. The first-order valence-electron chi connectivity index (χ1n) is 4.36. The van der Waals surface area contributed by atoms with Crippen molar-refractivity contribution in [3.8, 4) is 0 Å². The summed E-state index contributed by atoms with van der Waals surface area (Å²) in [6, 6.07) is 0. The van der Waals surface area contributed by atoms with Gasteiger partial charge in [-0.05, 0) is 0 Å². The lowest BCUT2D eigenvalue weighted by atomic mass is 10.6. The molecule has 0 saturated heterocycles. The van der Waals surface area contributed by atoms with Gasteiger partial charge in [0.05, 0.1) is 12.7 Å². The SMILES string of the molecule is Nc1[nH]ncc1S(=O)(=O)NCc1ncc[nH]1. The predicted octanol–water partition coefficient (Wildman–Crippen LogP) is -0.806. The summed E-state index contributed by atoms with van der Waals surface area (Å²) in [5.41, 5.74) is 5.41. The highest BCUT2D eigenvalue weighted by Crippen LogP contribution is 2.13. The van der Waals surface area contributed by atoms with Crippen LogP contribution in [0.25, 0.3) is 0 Å². The van der Waals surface area contributed by atoms with Gasteiger partial charge in [-0.15, -0.1) is 0 Å². The number of hydrogen-bond acceptors (Lipinski definition) is 5. The van der Waals surface area contributed by atoms with Gasteiger partial charge in [0.15, 0.2) is 0 Å². The molecule has 0 atom stereocenters. The average molecular weight is 242 g/mol. The van der Waals surface area contributed by atoms with Gasteiger partial charge in [-0.1, -0.05) is 0 Å². The lowest BCUT2D eigenvalue weighted by Gasteiger charge is -2.03. The Bertz CT molecular complexity index is 557. The highest BCUT2D eigenvalue weighted by Gasteiger charge is 2.19. The quantitative estimate of drug-likeness (QED) is 0.557. The van der Waals surface area contributed by atoms with E-state index < -0.39 is 10.0 Å². The van der Waals surface area contributed by atoms with Crippen molar-refractivity contribution in [3.63, 3.8) is 0 Å². The molecule has 0 aliphatic rings. The lowest BCUT2D eigenvalue weighted by molar-refractivity contribution is 0.580. The van der Waals surface area contributed by atoms with E-state index >= 15 is 0 Å². The Balaban J connectivity index is 2.13. The molecule has 5 N–H and O–H groups in total. The molecule has 9 heteroatoms. The van der Waals surface area contributed by atoms with E-state index in [9.17, 15) is 8.42 Å². The number of nitrogens with zero attached hydrogens (tertiary/aromatic N) is 2. The van der Waals surface area contributed by atoms with Crippen molar-refractivity contribution in [1.29, 1.82) is 0 Å². The van der Waals surface area contributed by atoms with E-state index in [1.807, 2.05) is 0 Å². The van der Waals surface area contributed by atoms with Crippen LogP contribution in [0, 0.1) is 0 Å². The molecule has 0 radical (unpaired) electrons. The minimum Gasteiger partial charge on any atom is -0.383 e. The number of nitrogens with two attached hydrogens (primary N) is 1. The van der Waals surface area contributed by atoms with Crippen LogP contribution in [-0.4, -0.2) is 28.6 Å². The fraction of sp³-hybridized carbons (Fsp3) is 0.143. The number of anilines is 1. The highest BCUT2D eigenvalue weighted by atomic mass is 32.2. The van der Waals surface area contributed by atoms with Crippen molar-refractivity contribution in [2.75, 3.05) is 5.73 Å². The van der Waals surface area contributed by atoms with Gasteiger partial charge in [0.25, 0.3) is 0 Å². The van der Waals surface area contributed by atoms with Gasteiger partial charge in [-0.25, -0.2) is 18.1 Å². The van der Waals surface area contributed by atoms with E-state index in [-0.39, 0.29) is 17.3 Å². The summed E-state index contributed by atoms with van der Waals surface area (Å²) in [7, 11) is -3.65. The molecule has 0 aliphatic heterocycles. The second-order valence-corrected chi connectivity index (χ2v) is 4.74. The Morgan fingerprint density at radius 1 is 1.50 bits per heavy atom. The molecule has 2 aromatic heterocycles. The van der Waals surface area contributed by atoms with Gasteiger partial charge in [0.1, 0.15) is 16.5 Å². The number of nitrogens with one attached hydrogen (secondary N) is 3. The molecule has 0 unspecified atom stereocenters. The van der Waals surface area contributed by atoms with Crippen molar-refractivity contribution < 1.29 is 8.42 Å². The molecular formula is C7H10N6O2S. The summed E-state index contributed by atoms with van der Waals surface area (Å²) in [6.45, 7) is 0.0694. The number of aromatic amines is 2. The molecule has 8 nitrogen and oxygen atoms in total. The molecule has 0 bridgehead atoms. The second-order valence-electron chi connectivity index (χ2n) is 3.01. The zero-order valence-corrected chi connectivity index (χ0v) is 8.95. The number of rotatable bonds is 4. The molecule has 0 saturated carbocycles. The zero-order chi connectivity index (χ0) is 11.6. The fourth-order valence-electron chi connectivity index (χ4n) is 1.13. The van der Waals surface area contributed by atoms with Crippen molar-refractivity contribution in [2.24, 2.45) is 0 Å². The Morgan fingerprint density at radius 3 is 2.88 bits per heavy atom. The van der Waals surface area contributed by atoms with Crippen molar-refractivity contribution in [2.45, 2.75) is 11.4 Å². The first-order chi connectivity index (χ1) is 7.59. The van der Waals surface area contributed by atoms with Crippen LogP contribution in [-0.2, 0) is 16.6 Å². The Hall–Kier alpha value is -1.87. The highest BCUT2D eigenvalue weighted by molar-refractivity contribution is 7.89. The molecule has 86 valence electrons. The summed E-state index contributed by atoms with van der Waals surface area (Å²) in [5.74, 6) is 0.526. The maximum atomic E-state index is 11.7. The third-order valence-corrected chi connectivity index (χ3v) is 3.33. The molecule has 0 aromatic carbocycles. The molecule has 16 heavy (non-hydrogen) atoms. The fourth-order valence-corrected chi connectivity index (χ4v) is 2.14. The number of sulfonamides is 1. The summed E-state index contributed by atoms with van der Waals surface area (Å²) in [4.78, 5) is 6.59. The van der Waals surface area contributed by atoms with Gasteiger partial charge in [0.2, 0.25) is 10.0 Å². The van der Waals surface area contributed by atoms with E-state index in [0.29, 0.717) is 5.82 Å². The van der Waals surface area contributed by atoms with Gasteiger partial charge < -0.3 is 10.7 Å². The Morgan fingerprint density at radius 2 is 2.31 bits per heavy atom. The summed E-state index contributed by atoms with van der Waals surface area (Å²) >= 11 is 0. The minimum atomic E-state index is -3.65. The van der Waals surface area contributed by atoms with E-state index in [0.717, 1.165) is 6.20 Å². The molecule has 2 rings (SSSR count). The van der Waals surface area contributed by atoms with Crippen molar-refractivity contribution in [1.82, 2.24) is 24.9 Å². The monoisotopic (exact) mass is 242 g/mol. The van der Waals surface area contributed by atoms with Crippen LogP contribution >= 0.6 is 0 Å². The van der Waals surface area contributed by atoms with Crippen molar-refractivity contribution in [3.05, 3.63) is 24.4 Å². The average Bonchev–Trinajstić information content (AvgIpc) is 2.85. The van der Waals surface area contributed by atoms with E-state index in [1.165, 1.54) is 6.20 Å². The maximum absolute atomic E-state index is 11.7. The number of hydrogen-bond donors (Lipinski definition) is 4. The van der Waals surface area contributed by atoms with Crippen LogP contribution in [0.4, 0.5) is 5.82 Å². The van der Waals surface area contributed by atoms with Crippen LogP contribution < -0.4 is 10.5 Å². The number of H-pyrrole nitrogens is 2. The van der Waals surface area contributed by atoms with E-state index in [4.69, 9.17) is 5.73 Å². The first kappa shape index (κ1) is 10.6. The number of imidazole rings is 1. The van der Waals surface area contributed by atoms with E-state index in [2.05, 4.69) is 24.9 Å². The van der Waals surface area contributed by atoms with Crippen LogP contribution in [0.2, 0.25) is 0 Å². The van der Waals surface area contributed by atoms with E-state index in [1.54, 1.807) is 6.20 Å². The Kier molecular flexibility index (Phi) is 2.62. The first-order valence-corrected chi connectivity index (χ1v) is 5.84. The zero-order valence-electron chi connectivity index (χ0n) is 8.14. The minimum absolute atomic E-state index is 0.00643. The Labute approximate surface area is 91.3 Å². The van der Waals surface area contributed by atoms with Gasteiger partial charge >= 0.3 is 0 Å². The topological polar surface area (TPSA) is 130 Å². The van der Waals surface area contributed by atoms with Gasteiger partial charge in [-0.3, -0.25) is 5.10 Å². The largest absolute Gasteiger partial charge is 0.383 e. The third-order valence-electron chi connectivity index (χ3n) is 1.91. The molecule has 0 aliphatic carbocycles. The summed E-state index contributed by atoms with van der Waals surface area (Å²) < 4.78 is 25.8. The van der Waals surface area contributed by atoms with Gasteiger partial charge in [-0.2, -0.15) is 5.10 Å². The molecular weight excluding hydrogens is 232 g/mol. The maximum Gasteiger partial charge on any atom is 0.246 e.